The van der Waals surface area contributed by atoms with Crippen LogP contribution in [-0.4, -0.2) is 31.1 Å². The normalized spacial score (nSPS) is 15.9. The van der Waals surface area contributed by atoms with Gasteiger partial charge >= 0.3 is 0 Å². The molecule has 0 aromatic carbocycles. The molecule has 0 aromatic heterocycles. The number of nitrogens with zero attached hydrogens (tertiary/aromatic N) is 1. The van der Waals surface area contributed by atoms with Crippen molar-refractivity contribution in [2.24, 2.45) is 17.6 Å². The third kappa shape index (κ3) is 6.39. The van der Waals surface area contributed by atoms with Gasteiger partial charge in [0.05, 0.1) is 0 Å². The van der Waals surface area contributed by atoms with Gasteiger partial charge in [0, 0.05) is 13.1 Å². The highest BCUT2D eigenvalue weighted by Crippen LogP contribution is 2.08. The molecule has 0 fully saturated rings. The van der Waals surface area contributed by atoms with E-state index in [1.54, 1.807) is 0 Å². The Hall–Kier alpha value is -0.0800. The Morgan fingerprint density at radius 3 is 2.07 bits per heavy atom. The van der Waals surface area contributed by atoms with Crippen LogP contribution in [0.2, 0.25) is 0 Å². The zero-order valence-electron chi connectivity index (χ0n) is 10.4. The first kappa shape index (κ1) is 13.9. The molecule has 0 aromatic rings. The van der Waals surface area contributed by atoms with Crippen LogP contribution in [0.15, 0.2) is 0 Å². The molecular weight excluding hydrogens is 172 g/mol. The predicted molar refractivity (Wildman–Crippen MR) is 64.4 cm³/mol. The highest BCUT2D eigenvalue weighted by atomic mass is 15.1. The standard InChI is InChI=1S/C12H28N2/c1-5-11(3)9-14(6-2)10-12(4)7-8-13/h11-12H,5-10,13H2,1-4H3. The van der Waals surface area contributed by atoms with Gasteiger partial charge in [0.25, 0.3) is 0 Å². The van der Waals surface area contributed by atoms with Crippen molar-refractivity contribution < 1.29 is 0 Å². The minimum atomic E-state index is 0.740. The summed E-state index contributed by atoms with van der Waals surface area (Å²) in [6.45, 7) is 13.6. The van der Waals surface area contributed by atoms with Crippen molar-refractivity contribution in [1.82, 2.24) is 4.90 Å². The van der Waals surface area contributed by atoms with Crippen LogP contribution in [0.25, 0.3) is 0 Å². The van der Waals surface area contributed by atoms with Crippen LogP contribution < -0.4 is 5.73 Å². The van der Waals surface area contributed by atoms with Crippen LogP contribution in [0.1, 0.15) is 40.5 Å². The maximum Gasteiger partial charge on any atom is 0.000749 e. The van der Waals surface area contributed by atoms with E-state index >= 15 is 0 Å². The number of nitrogens with two attached hydrogens (primary N) is 1. The highest BCUT2D eigenvalue weighted by Gasteiger charge is 2.10. The van der Waals surface area contributed by atoms with Crippen molar-refractivity contribution in [3.8, 4) is 0 Å². The van der Waals surface area contributed by atoms with E-state index in [9.17, 15) is 0 Å². The zero-order chi connectivity index (χ0) is 11.0. The summed E-state index contributed by atoms with van der Waals surface area (Å²) in [5.41, 5.74) is 5.56. The van der Waals surface area contributed by atoms with Crippen molar-refractivity contribution in [3.05, 3.63) is 0 Å². The quantitative estimate of drug-likeness (QED) is 0.651. The first-order chi connectivity index (χ1) is 6.63. The van der Waals surface area contributed by atoms with E-state index in [0.29, 0.717) is 0 Å². The summed E-state index contributed by atoms with van der Waals surface area (Å²) in [6, 6.07) is 0. The Labute approximate surface area is 89.9 Å². The summed E-state index contributed by atoms with van der Waals surface area (Å²) < 4.78 is 0. The first-order valence-electron chi connectivity index (χ1n) is 6.06. The molecule has 0 rings (SSSR count). The summed E-state index contributed by atoms with van der Waals surface area (Å²) >= 11 is 0. The Bertz CT molecular complexity index is 125. The lowest BCUT2D eigenvalue weighted by Crippen LogP contribution is -2.33. The van der Waals surface area contributed by atoms with Crippen LogP contribution in [-0.2, 0) is 0 Å². The molecule has 14 heavy (non-hydrogen) atoms. The SMILES string of the molecule is CCC(C)CN(CC)CC(C)CCN. The van der Waals surface area contributed by atoms with Crippen molar-refractivity contribution in [3.63, 3.8) is 0 Å². The van der Waals surface area contributed by atoms with Crippen LogP contribution in [0.4, 0.5) is 0 Å². The average Bonchev–Trinajstić information content (AvgIpc) is 2.16. The predicted octanol–water partition coefficient (Wildman–Crippen LogP) is 2.34. The maximum atomic E-state index is 5.56. The van der Waals surface area contributed by atoms with Gasteiger partial charge in [-0.15, -0.1) is 0 Å². The van der Waals surface area contributed by atoms with Gasteiger partial charge in [0.1, 0.15) is 0 Å². The number of hydrogen-bond acceptors (Lipinski definition) is 2. The Morgan fingerprint density at radius 1 is 1.07 bits per heavy atom. The van der Waals surface area contributed by atoms with Gasteiger partial charge in [0.15, 0.2) is 0 Å². The second-order valence-electron chi connectivity index (χ2n) is 4.55. The number of hydrogen-bond donors (Lipinski definition) is 1. The van der Waals surface area contributed by atoms with Crippen molar-refractivity contribution >= 4 is 0 Å². The molecule has 0 radical (unpaired) electrons. The molecule has 0 heterocycles. The van der Waals surface area contributed by atoms with E-state index in [0.717, 1.165) is 24.8 Å². The highest BCUT2D eigenvalue weighted by molar-refractivity contribution is 4.64. The fraction of sp³-hybridized carbons (Fsp3) is 1.00. The van der Waals surface area contributed by atoms with Crippen molar-refractivity contribution in [2.45, 2.75) is 40.5 Å². The third-order valence-corrected chi connectivity index (χ3v) is 2.94. The zero-order valence-corrected chi connectivity index (χ0v) is 10.4. The molecular formula is C12H28N2. The van der Waals surface area contributed by atoms with Gasteiger partial charge in [-0.25, -0.2) is 0 Å². The van der Waals surface area contributed by atoms with E-state index in [1.165, 1.54) is 26.1 Å². The van der Waals surface area contributed by atoms with Gasteiger partial charge in [-0.05, 0) is 31.3 Å². The maximum absolute atomic E-state index is 5.56. The molecule has 0 aliphatic carbocycles. The largest absolute Gasteiger partial charge is 0.330 e. The van der Waals surface area contributed by atoms with E-state index < -0.39 is 0 Å². The molecule has 0 amide bonds. The smallest absolute Gasteiger partial charge is 0.000749 e. The van der Waals surface area contributed by atoms with Gasteiger partial charge in [-0.2, -0.15) is 0 Å². The minimum Gasteiger partial charge on any atom is -0.330 e. The van der Waals surface area contributed by atoms with Crippen molar-refractivity contribution in [2.75, 3.05) is 26.2 Å². The van der Waals surface area contributed by atoms with Crippen LogP contribution in [0.5, 0.6) is 0 Å². The van der Waals surface area contributed by atoms with Crippen LogP contribution in [0, 0.1) is 11.8 Å². The van der Waals surface area contributed by atoms with Gasteiger partial charge in [-0.1, -0.05) is 34.1 Å². The second-order valence-corrected chi connectivity index (χ2v) is 4.55. The molecule has 0 aliphatic heterocycles. The summed E-state index contributed by atoms with van der Waals surface area (Å²) in [4.78, 5) is 2.55. The molecule has 2 unspecified atom stereocenters. The lowest BCUT2D eigenvalue weighted by Gasteiger charge is -2.26. The molecule has 0 aliphatic rings. The summed E-state index contributed by atoms with van der Waals surface area (Å²) in [6.07, 6.45) is 2.43. The van der Waals surface area contributed by atoms with Crippen LogP contribution in [0.3, 0.4) is 0 Å². The lowest BCUT2D eigenvalue weighted by molar-refractivity contribution is 0.212. The Morgan fingerprint density at radius 2 is 1.64 bits per heavy atom. The molecule has 0 bridgehead atoms. The molecule has 2 heteroatoms. The van der Waals surface area contributed by atoms with Crippen molar-refractivity contribution in [1.29, 1.82) is 0 Å². The van der Waals surface area contributed by atoms with Gasteiger partial charge in [-0.3, -0.25) is 0 Å². The van der Waals surface area contributed by atoms with E-state index in [2.05, 4.69) is 32.6 Å². The molecule has 0 saturated carbocycles. The van der Waals surface area contributed by atoms with Crippen LogP contribution >= 0.6 is 0 Å². The average molecular weight is 200 g/mol. The molecule has 0 saturated heterocycles. The Balaban J connectivity index is 3.77. The third-order valence-electron chi connectivity index (χ3n) is 2.94. The lowest BCUT2D eigenvalue weighted by atomic mass is 10.1. The summed E-state index contributed by atoms with van der Waals surface area (Å²) in [5.74, 6) is 1.56. The summed E-state index contributed by atoms with van der Waals surface area (Å²) in [5, 5.41) is 0. The van der Waals surface area contributed by atoms with E-state index in [4.69, 9.17) is 5.73 Å². The van der Waals surface area contributed by atoms with Gasteiger partial charge in [0.2, 0.25) is 0 Å². The monoisotopic (exact) mass is 200 g/mol. The van der Waals surface area contributed by atoms with E-state index in [-0.39, 0.29) is 0 Å². The molecule has 0 spiro atoms. The fourth-order valence-electron chi connectivity index (χ4n) is 1.72. The molecule has 2 N–H and O–H groups in total. The fourth-order valence-corrected chi connectivity index (χ4v) is 1.72. The number of rotatable bonds is 8. The first-order valence-corrected chi connectivity index (χ1v) is 6.06. The Kier molecular flexibility index (Phi) is 8.20. The van der Waals surface area contributed by atoms with E-state index in [1.807, 2.05) is 0 Å². The summed E-state index contributed by atoms with van der Waals surface area (Å²) in [7, 11) is 0. The molecule has 86 valence electrons. The molecule has 2 atom stereocenters. The van der Waals surface area contributed by atoms with Gasteiger partial charge < -0.3 is 10.6 Å². The minimum absolute atomic E-state index is 0.740. The second kappa shape index (κ2) is 8.25. The topological polar surface area (TPSA) is 29.3 Å². The molecule has 2 nitrogen and oxygen atoms in total.